The van der Waals surface area contributed by atoms with Crippen molar-refractivity contribution in [1.82, 2.24) is 15.6 Å². The number of Topliss-reactive ketones (excluding diaryl/α,β-unsaturated/α-hetero) is 2. The molecule has 472 valence electrons. The molecule has 2 atom stereocenters. The first-order valence-electron chi connectivity index (χ1n) is 31.4. The smallest absolute Gasteiger partial charge is 0.338 e. The van der Waals surface area contributed by atoms with Crippen molar-refractivity contribution in [3.63, 3.8) is 0 Å². The zero-order valence-electron chi connectivity index (χ0n) is 53.8. The van der Waals surface area contributed by atoms with Crippen LogP contribution in [-0.4, -0.2) is 79.3 Å². The number of nitrogens with one attached hydrogen (secondary N) is 2. The highest BCUT2D eigenvalue weighted by atomic mass is 16.5. The summed E-state index contributed by atoms with van der Waals surface area (Å²) in [5.74, 6) is -0.107. The minimum Gasteiger partial charge on any atom is -0.494 e. The van der Waals surface area contributed by atoms with Gasteiger partial charge in [0.1, 0.15) is 29.5 Å². The molecule has 0 radical (unpaired) electrons. The number of rotatable bonds is 31. The summed E-state index contributed by atoms with van der Waals surface area (Å²) in [6, 6.07) is 42.3. The van der Waals surface area contributed by atoms with E-state index in [1.54, 1.807) is 86.0 Å². The molecule has 0 unspecified atom stereocenters. The van der Waals surface area contributed by atoms with Crippen LogP contribution in [0.25, 0.3) is 22.7 Å². The van der Waals surface area contributed by atoms with Gasteiger partial charge < -0.3 is 34.0 Å². The number of methoxy groups -OCH3 is 1. The Morgan fingerprint density at radius 3 is 1.39 bits per heavy atom. The molecule has 7 rings (SSSR count). The van der Waals surface area contributed by atoms with Crippen molar-refractivity contribution in [3.8, 4) is 34.2 Å². The monoisotopic (exact) mass is 1210 g/mol. The van der Waals surface area contributed by atoms with Gasteiger partial charge >= 0.3 is 11.9 Å². The van der Waals surface area contributed by atoms with Crippen LogP contribution in [0.4, 0.5) is 0 Å². The predicted molar refractivity (Wildman–Crippen MR) is 351 cm³/mol. The quantitative estimate of drug-likeness (QED) is 0.0238. The van der Waals surface area contributed by atoms with Gasteiger partial charge in [-0.05, 0) is 149 Å². The second-order valence-corrected chi connectivity index (χ2v) is 24.5. The maximum Gasteiger partial charge on any atom is 0.338 e. The van der Waals surface area contributed by atoms with Gasteiger partial charge in [-0.25, -0.2) is 14.6 Å². The van der Waals surface area contributed by atoms with E-state index in [0.717, 1.165) is 70.7 Å². The van der Waals surface area contributed by atoms with Crippen molar-refractivity contribution in [1.29, 1.82) is 0 Å². The molecule has 0 saturated carbocycles. The molecule has 7 aromatic rings. The summed E-state index contributed by atoms with van der Waals surface area (Å²) in [5.41, 5.74) is 8.02. The number of hydrogen-bond donors (Lipinski definition) is 2. The first-order valence-corrected chi connectivity index (χ1v) is 31.4. The van der Waals surface area contributed by atoms with Gasteiger partial charge in [0.05, 0.1) is 31.9 Å². The SMILES string of the molecule is CCCCCCCOc1ccc(-c2coc(-c3ccc(C[C@H](NC(=O)c4ccc(C(C)(C)C)cc4)C(=O)OC)cc3)n2)cc1.CCCCCCCOc1ccc(C(=O)COC(=O)c2ccc(C[C@H](NC(=O)c3ccc(C(C)(C)C)cc3)C(=O)CC)cc2)cc1. The van der Waals surface area contributed by atoms with E-state index in [1.165, 1.54) is 52.1 Å². The van der Waals surface area contributed by atoms with Crippen molar-refractivity contribution >= 4 is 35.3 Å². The van der Waals surface area contributed by atoms with Crippen molar-refractivity contribution in [2.75, 3.05) is 26.9 Å². The summed E-state index contributed by atoms with van der Waals surface area (Å²) in [7, 11) is 1.32. The molecule has 1 aromatic heterocycles. The average Bonchev–Trinajstić information content (AvgIpc) is 2.91. The third kappa shape index (κ3) is 22.5. The summed E-state index contributed by atoms with van der Waals surface area (Å²) in [5, 5.41) is 5.70. The minimum atomic E-state index is -0.831. The molecule has 0 bridgehead atoms. The van der Waals surface area contributed by atoms with Gasteiger partial charge in [-0.15, -0.1) is 0 Å². The van der Waals surface area contributed by atoms with Gasteiger partial charge in [-0.3, -0.25) is 19.2 Å². The van der Waals surface area contributed by atoms with E-state index in [0.29, 0.717) is 34.9 Å². The predicted octanol–water partition coefficient (Wildman–Crippen LogP) is 15.9. The number of ether oxygens (including phenoxy) is 4. The Morgan fingerprint density at radius 1 is 0.494 bits per heavy atom. The van der Waals surface area contributed by atoms with E-state index in [4.69, 9.17) is 23.4 Å². The Bertz CT molecular complexity index is 3340. The van der Waals surface area contributed by atoms with E-state index in [1.807, 2.05) is 72.8 Å². The molecule has 14 nitrogen and oxygen atoms in total. The number of ketones is 2. The molecule has 0 saturated heterocycles. The lowest BCUT2D eigenvalue weighted by Crippen LogP contribution is -2.43. The van der Waals surface area contributed by atoms with Gasteiger partial charge in [0, 0.05) is 40.7 Å². The molecule has 0 spiro atoms. The van der Waals surface area contributed by atoms with E-state index >= 15 is 0 Å². The van der Waals surface area contributed by atoms with E-state index in [-0.39, 0.29) is 65.6 Å². The summed E-state index contributed by atoms with van der Waals surface area (Å²) in [6.07, 6.45) is 14.3. The van der Waals surface area contributed by atoms with Crippen LogP contribution >= 0.6 is 0 Å². The molecular formula is C75H91N3O11. The molecule has 0 aliphatic rings. The first-order chi connectivity index (χ1) is 42.7. The topological polar surface area (TPSA) is 189 Å². The van der Waals surface area contributed by atoms with E-state index in [9.17, 15) is 28.8 Å². The Labute approximate surface area is 526 Å². The molecule has 6 aromatic carbocycles. The van der Waals surface area contributed by atoms with Crippen LogP contribution in [0.15, 0.2) is 156 Å². The zero-order valence-corrected chi connectivity index (χ0v) is 53.8. The fourth-order valence-corrected chi connectivity index (χ4v) is 9.67. The number of nitrogens with zero attached hydrogens (tertiary/aromatic N) is 1. The third-order valence-electron chi connectivity index (χ3n) is 15.3. The number of unbranched alkanes of at least 4 members (excludes halogenated alkanes) is 8. The number of oxazole rings is 1. The maximum absolute atomic E-state index is 12.9. The van der Waals surface area contributed by atoms with Crippen LogP contribution in [0.3, 0.4) is 0 Å². The Morgan fingerprint density at radius 2 is 0.921 bits per heavy atom. The fraction of sp³-hybridized carbons (Fsp3) is 0.400. The third-order valence-corrected chi connectivity index (χ3v) is 15.3. The van der Waals surface area contributed by atoms with Crippen LogP contribution < -0.4 is 20.1 Å². The lowest BCUT2D eigenvalue weighted by Gasteiger charge is -2.20. The standard InChI is InChI=1S/C38H47NO6.C37H44N2O5/c1-6-8-9-10-11-24-44-32-22-18-28(19-23-32)35(41)26-45-37(43)30-14-12-27(13-15-30)25-33(34(40)7-2)39-36(42)29-16-20-31(21-17-29)38(3,4)5;1-6-7-8-9-10-23-43-31-21-17-27(18-22-31)33-25-44-35(39-33)29-13-11-26(12-14-29)24-32(36(41)42-5)38-34(40)28-15-19-30(20-16-28)37(2,3)4/h12-23,33H,6-11,24-26H2,1-5H3,(H,39,42);11-22,25,32H,6-10,23-24H2,1-5H3,(H,38,40)/t33-;32-/m00/s1. The summed E-state index contributed by atoms with van der Waals surface area (Å²) < 4.78 is 27.6. The second-order valence-electron chi connectivity index (χ2n) is 24.5. The number of amides is 2. The summed E-state index contributed by atoms with van der Waals surface area (Å²) >= 11 is 0. The van der Waals surface area contributed by atoms with E-state index < -0.39 is 24.0 Å². The van der Waals surface area contributed by atoms with Gasteiger partial charge in [0.2, 0.25) is 5.89 Å². The van der Waals surface area contributed by atoms with Gasteiger partial charge in [0.25, 0.3) is 11.8 Å². The number of hydrogen-bond acceptors (Lipinski definition) is 12. The second kappa shape index (κ2) is 34.8. The van der Waals surface area contributed by atoms with Gasteiger partial charge in [-0.2, -0.15) is 0 Å². The number of esters is 2. The average molecular weight is 1210 g/mol. The number of aromatic nitrogens is 1. The molecule has 0 aliphatic heterocycles. The van der Waals surface area contributed by atoms with Crippen LogP contribution in [-0.2, 0) is 42.7 Å². The van der Waals surface area contributed by atoms with Crippen LogP contribution in [0.1, 0.15) is 197 Å². The van der Waals surface area contributed by atoms with Crippen molar-refractivity contribution < 1.29 is 52.1 Å². The molecule has 1 heterocycles. The van der Waals surface area contributed by atoms with Crippen LogP contribution in [0.5, 0.6) is 11.5 Å². The first kappa shape index (κ1) is 69.5. The number of benzene rings is 6. The zero-order chi connectivity index (χ0) is 64.3. The minimum absolute atomic E-state index is 0.0177. The maximum atomic E-state index is 12.9. The highest BCUT2D eigenvalue weighted by Gasteiger charge is 2.25. The van der Waals surface area contributed by atoms with Crippen molar-refractivity contribution in [3.05, 3.63) is 196 Å². The fourth-order valence-electron chi connectivity index (χ4n) is 9.67. The lowest BCUT2D eigenvalue weighted by molar-refractivity contribution is -0.142. The Balaban J connectivity index is 0.000000284. The lowest BCUT2D eigenvalue weighted by atomic mass is 9.86. The number of carbonyl (C=O) groups excluding carboxylic acids is 6. The molecule has 0 aliphatic carbocycles. The van der Waals surface area contributed by atoms with Gasteiger partial charge in [-0.1, -0.05) is 162 Å². The van der Waals surface area contributed by atoms with Gasteiger partial charge in [0.15, 0.2) is 18.2 Å². The largest absolute Gasteiger partial charge is 0.494 e. The van der Waals surface area contributed by atoms with Crippen LogP contribution in [0, 0.1) is 0 Å². The highest BCUT2D eigenvalue weighted by Crippen LogP contribution is 2.28. The Kier molecular flexibility index (Phi) is 27.1. The normalized spacial score (nSPS) is 11.9. The highest BCUT2D eigenvalue weighted by molar-refractivity contribution is 6.00. The number of carbonyl (C=O) groups is 6. The van der Waals surface area contributed by atoms with Crippen LogP contribution in [0.2, 0.25) is 0 Å². The Hall–Kier alpha value is -8.65. The molecule has 2 N–H and O–H groups in total. The summed E-state index contributed by atoms with van der Waals surface area (Å²) in [4.78, 5) is 81.0. The summed E-state index contributed by atoms with van der Waals surface area (Å²) in [6.45, 7) is 19.8. The molecule has 89 heavy (non-hydrogen) atoms. The van der Waals surface area contributed by atoms with Crippen molar-refractivity contribution in [2.45, 2.75) is 169 Å². The molecule has 14 heteroatoms. The van der Waals surface area contributed by atoms with Crippen molar-refractivity contribution in [2.24, 2.45) is 0 Å². The molecule has 2 amide bonds. The van der Waals surface area contributed by atoms with E-state index in [2.05, 4.69) is 71.0 Å². The molecular weight excluding hydrogens is 1120 g/mol. The molecule has 0 fully saturated rings.